The minimum absolute atomic E-state index is 0.229. The molecular weight excluding hydrogens is 309 g/mol. The maximum Gasteiger partial charge on any atom is 0.123 e. The average Bonchev–Trinajstić information content (AvgIpc) is 3.00. The summed E-state index contributed by atoms with van der Waals surface area (Å²) in [5.74, 6) is 0.874. The number of aromatic nitrogens is 3. The Balaban J connectivity index is 2.04. The minimum Gasteiger partial charge on any atom is -0.330 e. The van der Waals surface area contributed by atoms with Crippen LogP contribution in [0, 0.1) is 5.82 Å². The van der Waals surface area contributed by atoms with E-state index < -0.39 is 0 Å². The molecule has 3 aromatic rings. The highest BCUT2D eigenvalue weighted by atomic mass is 32.2. The molecule has 0 aliphatic rings. The molecular formula is C18H18FN3S. The highest BCUT2D eigenvalue weighted by Gasteiger charge is 2.14. The van der Waals surface area contributed by atoms with Crippen molar-refractivity contribution < 1.29 is 4.39 Å². The molecule has 0 aliphatic carbocycles. The second-order valence-corrected chi connectivity index (χ2v) is 6.21. The van der Waals surface area contributed by atoms with E-state index in [-0.39, 0.29) is 5.82 Å². The van der Waals surface area contributed by atoms with Gasteiger partial charge in [-0.05, 0) is 54.8 Å². The third-order valence-electron chi connectivity index (χ3n) is 3.66. The highest BCUT2D eigenvalue weighted by molar-refractivity contribution is 7.98. The van der Waals surface area contributed by atoms with E-state index in [0.29, 0.717) is 0 Å². The number of imidazole rings is 1. The summed E-state index contributed by atoms with van der Waals surface area (Å²) in [7, 11) is 0. The predicted molar refractivity (Wildman–Crippen MR) is 93.9 cm³/mol. The van der Waals surface area contributed by atoms with Gasteiger partial charge in [0.05, 0.1) is 17.7 Å². The summed E-state index contributed by atoms with van der Waals surface area (Å²) in [5.41, 5.74) is 3.92. The molecule has 0 atom stereocenters. The largest absolute Gasteiger partial charge is 0.330 e. The molecule has 118 valence electrons. The normalized spacial score (nSPS) is 10.9. The predicted octanol–water partition coefficient (Wildman–Crippen LogP) is 4.50. The number of benzene rings is 1. The van der Waals surface area contributed by atoms with Gasteiger partial charge in [0.25, 0.3) is 0 Å². The van der Waals surface area contributed by atoms with Gasteiger partial charge in [-0.3, -0.25) is 4.98 Å². The van der Waals surface area contributed by atoms with E-state index in [1.54, 1.807) is 12.4 Å². The van der Waals surface area contributed by atoms with Crippen LogP contribution >= 0.6 is 11.8 Å². The Bertz CT molecular complexity index is 754. The molecule has 0 aliphatic heterocycles. The molecule has 0 N–H and O–H groups in total. The Morgan fingerprint density at radius 1 is 1.04 bits per heavy atom. The zero-order valence-corrected chi connectivity index (χ0v) is 13.8. The SMILES string of the molecule is CSCCCn1cnc(-c2ccncc2)c1-c1ccc(F)cc1. The van der Waals surface area contributed by atoms with E-state index in [1.165, 1.54) is 12.1 Å². The highest BCUT2D eigenvalue weighted by Crippen LogP contribution is 2.31. The minimum atomic E-state index is -0.229. The van der Waals surface area contributed by atoms with E-state index in [2.05, 4.69) is 20.8 Å². The van der Waals surface area contributed by atoms with Crippen LogP contribution < -0.4 is 0 Å². The third-order valence-corrected chi connectivity index (χ3v) is 4.35. The van der Waals surface area contributed by atoms with Gasteiger partial charge in [0.15, 0.2) is 0 Å². The first-order valence-corrected chi connectivity index (χ1v) is 8.89. The Kier molecular flexibility index (Phi) is 5.08. The van der Waals surface area contributed by atoms with Gasteiger partial charge in [0.2, 0.25) is 0 Å². The molecule has 2 aromatic heterocycles. The van der Waals surface area contributed by atoms with E-state index in [4.69, 9.17) is 0 Å². The van der Waals surface area contributed by atoms with Gasteiger partial charge in [-0.1, -0.05) is 0 Å². The van der Waals surface area contributed by atoms with Crippen molar-refractivity contribution >= 4 is 11.8 Å². The summed E-state index contributed by atoms with van der Waals surface area (Å²) >= 11 is 1.84. The summed E-state index contributed by atoms with van der Waals surface area (Å²) in [6, 6.07) is 10.5. The molecule has 0 saturated carbocycles. The summed E-state index contributed by atoms with van der Waals surface area (Å²) < 4.78 is 15.4. The quantitative estimate of drug-likeness (QED) is 0.624. The van der Waals surface area contributed by atoms with E-state index in [9.17, 15) is 4.39 Å². The lowest BCUT2D eigenvalue weighted by atomic mass is 10.1. The van der Waals surface area contributed by atoms with Gasteiger partial charge in [-0.15, -0.1) is 0 Å². The number of aryl methyl sites for hydroxylation is 1. The summed E-state index contributed by atoms with van der Waals surface area (Å²) in [6.45, 7) is 0.894. The van der Waals surface area contributed by atoms with E-state index in [0.717, 1.165) is 41.2 Å². The maximum atomic E-state index is 13.3. The van der Waals surface area contributed by atoms with Crippen LogP contribution in [0.3, 0.4) is 0 Å². The molecule has 2 heterocycles. The molecule has 5 heteroatoms. The van der Waals surface area contributed by atoms with Crippen LogP contribution in [0.2, 0.25) is 0 Å². The first-order chi connectivity index (χ1) is 11.3. The van der Waals surface area contributed by atoms with Crippen molar-refractivity contribution in [1.29, 1.82) is 0 Å². The van der Waals surface area contributed by atoms with Gasteiger partial charge >= 0.3 is 0 Å². The molecule has 0 amide bonds. The summed E-state index contributed by atoms with van der Waals surface area (Å²) in [5, 5.41) is 0. The molecule has 0 bridgehead atoms. The number of nitrogens with zero attached hydrogens (tertiary/aromatic N) is 3. The second kappa shape index (κ2) is 7.42. The van der Waals surface area contributed by atoms with Crippen molar-refractivity contribution in [1.82, 2.24) is 14.5 Å². The number of rotatable bonds is 6. The lowest BCUT2D eigenvalue weighted by molar-refractivity contribution is 0.628. The van der Waals surface area contributed by atoms with Crippen molar-refractivity contribution in [3.05, 3.63) is 60.9 Å². The van der Waals surface area contributed by atoms with Gasteiger partial charge in [-0.25, -0.2) is 9.37 Å². The molecule has 0 spiro atoms. The van der Waals surface area contributed by atoms with Crippen molar-refractivity contribution in [2.45, 2.75) is 13.0 Å². The number of hydrogen-bond acceptors (Lipinski definition) is 3. The topological polar surface area (TPSA) is 30.7 Å². The number of pyridine rings is 1. The van der Waals surface area contributed by atoms with Crippen LogP contribution in [-0.4, -0.2) is 26.5 Å². The van der Waals surface area contributed by atoms with Crippen LogP contribution in [0.15, 0.2) is 55.1 Å². The number of halogens is 1. The second-order valence-electron chi connectivity index (χ2n) is 5.22. The summed E-state index contributed by atoms with van der Waals surface area (Å²) in [6.07, 6.45) is 8.57. The lowest BCUT2D eigenvalue weighted by Gasteiger charge is -2.10. The zero-order valence-electron chi connectivity index (χ0n) is 12.9. The molecule has 23 heavy (non-hydrogen) atoms. The van der Waals surface area contributed by atoms with Crippen LogP contribution in [0.1, 0.15) is 6.42 Å². The monoisotopic (exact) mass is 327 g/mol. The van der Waals surface area contributed by atoms with E-state index in [1.807, 2.05) is 42.4 Å². The fourth-order valence-electron chi connectivity index (χ4n) is 2.56. The Hall–Kier alpha value is -2.14. The van der Waals surface area contributed by atoms with Crippen molar-refractivity contribution in [3.63, 3.8) is 0 Å². The van der Waals surface area contributed by atoms with Gasteiger partial charge in [-0.2, -0.15) is 11.8 Å². The molecule has 0 fully saturated rings. The van der Waals surface area contributed by atoms with Gasteiger partial charge in [0, 0.05) is 30.1 Å². The Morgan fingerprint density at radius 3 is 2.48 bits per heavy atom. The average molecular weight is 327 g/mol. The van der Waals surface area contributed by atoms with Gasteiger partial charge in [0.1, 0.15) is 5.82 Å². The molecule has 3 rings (SSSR count). The fourth-order valence-corrected chi connectivity index (χ4v) is 2.98. The van der Waals surface area contributed by atoms with Gasteiger partial charge < -0.3 is 4.57 Å². The van der Waals surface area contributed by atoms with Crippen molar-refractivity contribution in [2.24, 2.45) is 0 Å². The third kappa shape index (κ3) is 3.62. The zero-order chi connectivity index (χ0) is 16.1. The molecule has 0 radical (unpaired) electrons. The summed E-state index contributed by atoms with van der Waals surface area (Å²) in [4.78, 5) is 8.66. The lowest BCUT2D eigenvalue weighted by Crippen LogP contribution is -2.00. The van der Waals surface area contributed by atoms with Crippen molar-refractivity contribution in [2.75, 3.05) is 12.0 Å². The Labute approximate surface area is 139 Å². The van der Waals surface area contributed by atoms with Crippen LogP contribution in [0.4, 0.5) is 4.39 Å². The Morgan fingerprint density at radius 2 is 1.78 bits per heavy atom. The fraction of sp³-hybridized carbons (Fsp3) is 0.222. The molecule has 0 saturated heterocycles. The van der Waals surface area contributed by atoms with Crippen LogP contribution in [-0.2, 0) is 6.54 Å². The van der Waals surface area contributed by atoms with E-state index >= 15 is 0 Å². The first-order valence-electron chi connectivity index (χ1n) is 7.50. The number of hydrogen-bond donors (Lipinski definition) is 0. The maximum absolute atomic E-state index is 13.3. The number of thioether (sulfide) groups is 1. The first kappa shape index (κ1) is 15.7. The van der Waals surface area contributed by atoms with Crippen molar-refractivity contribution in [3.8, 4) is 22.5 Å². The van der Waals surface area contributed by atoms with Crippen LogP contribution in [0.5, 0.6) is 0 Å². The van der Waals surface area contributed by atoms with Crippen LogP contribution in [0.25, 0.3) is 22.5 Å². The molecule has 0 unspecified atom stereocenters. The molecule has 1 aromatic carbocycles. The smallest absolute Gasteiger partial charge is 0.123 e. The molecule has 3 nitrogen and oxygen atoms in total. The standard InChI is InChI=1S/C18H18FN3S/c1-23-12-2-11-22-13-21-17(14-7-9-20-10-8-14)18(22)15-3-5-16(19)6-4-15/h3-10,13H,2,11-12H2,1H3.